The maximum absolute atomic E-state index is 14.2. The lowest BCUT2D eigenvalue weighted by atomic mass is 9.96. The van der Waals surface area contributed by atoms with E-state index in [-0.39, 0.29) is 12.4 Å². The van der Waals surface area contributed by atoms with E-state index in [1.165, 1.54) is 12.1 Å². The van der Waals surface area contributed by atoms with Crippen LogP contribution in [0.15, 0.2) is 67.0 Å². The fraction of sp³-hybridized carbons (Fsp3) is 0.0909. The Bertz CT molecular complexity index is 1180. The standard InChI is InChI=1S/C22H17FN4O2/c1-2-27(22(28)29)21-20(18-8-4-6-12-25-18)19(17-7-3-5-11-24-17)15-13-14(23)9-10-16(15)26-21/h3-13H,2H2,1H3,(H,28,29). The van der Waals surface area contributed by atoms with Gasteiger partial charge in [0.05, 0.1) is 22.5 Å². The second-order valence-corrected chi connectivity index (χ2v) is 6.30. The predicted molar refractivity (Wildman–Crippen MR) is 109 cm³/mol. The SMILES string of the molecule is CCN(C(=O)O)c1nc2ccc(F)cc2c(-c2ccccn2)c1-c1ccccn1. The second-order valence-electron chi connectivity index (χ2n) is 6.30. The number of fused-ring (bicyclic) bond motifs is 1. The first-order valence-corrected chi connectivity index (χ1v) is 9.06. The zero-order valence-corrected chi connectivity index (χ0v) is 15.6. The Balaban J connectivity index is 2.21. The van der Waals surface area contributed by atoms with Gasteiger partial charge in [-0.3, -0.25) is 14.9 Å². The highest BCUT2D eigenvalue weighted by molar-refractivity contribution is 6.07. The van der Waals surface area contributed by atoms with Crippen LogP contribution >= 0.6 is 0 Å². The second kappa shape index (κ2) is 7.63. The highest BCUT2D eigenvalue weighted by Crippen LogP contribution is 2.41. The van der Waals surface area contributed by atoms with E-state index in [4.69, 9.17) is 0 Å². The van der Waals surface area contributed by atoms with E-state index in [0.717, 1.165) is 4.90 Å². The highest BCUT2D eigenvalue weighted by Gasteiger charge is 2.26. The first-order chi connectivity index (χ1) is 14.1. The Kier molecular flexibility index (Phi) is 4.87. The molecule has 29 heavy (non-hydrogen) atoms. The molecule has 0 spiro atoms. The van der Waals surface area contributed by atoms with E-state index in [1.807, 2.05) is 6.07 Å². The zero-order valence-electron chi connectivity index (χ0n) is 15.6. The summed E-state index contributed by atoms with van der Waals surface area (Å²) < 4.78 is 14.2. The van der Waals surface area contributed by atoms with E-state index in [2.05, 4.69) is 15.0 Å². The number of anilines is 1. The minimum absolute atomic E-state index is 0.191. The van der Waals surface area contributed by atoms with Gasteiger partial charge in [-0.2, -0.15) is 0 Å². The average molecular weight is 388 g/mol. The number of hydrogen-bond acceptors (Lipinski definition) is 4. The molecule has 0 fully saturated rings. The number of carbonyl (C=O) groups is 1. The number of carboxylic acid groups (broad SMARTS) is 1. The third-order valence-electron chi connectivity index (χ3n) is 4.57. The summed E-state index contributed by atoms with van der Waals surface area (Å²) in [5, 5.41) is 10.3. The van der Waals surface area contributed by atoms with E-state index in [9.17, 15) is 14.3 Å². The first kappa shape index (κ1) is 18.5. The summed E-state index contributed by atoms with van der Waals surface area (Å²) in [6.07, 6.45) is 2.12. The molecule has 4 aromatic rings. The molecule has 1 aromatic carbocycles. The number of rotatable bonds is 4. The molecule has 6 nitrogen and oxygen atoms in total. The van der Waals surface area contributed by atoms with Crippen molar-refractivity contribution in [3.63, 3.8) is 0 Å². The van der Waals surface area contributed by atoms with Crippen LogP contribution in [-0.4, -0.2) is 32.7 Å². The topological polar surface area (TPSA) is 79.2 Å². The summed E-state index contributed by atoms with van der Waals surface area (Å²) in [6, 6.07) is 15.0. The van der Waals surface area contributed by atoms with E-state index >= 15 is 0 Å². The van der Waals surface area contributed by atoms with Crippen molar-refractivity contribution >= 4 is 22.8 Å². The summed E-state index contributed by atoms with van der Waals surface area (Å²) >= 11 is 0. The van der Waals surface area contributed by atoms with E-state index < -0.39 is 11.9 Å². The van der Waals surface area contributed by atoms with Crippen LogP contribution in [0.1, 0.15) is 6.92 Å². The molecule has 0 unspecified atom stereocenters. The molecule has 144 valence electrons. The highest BCUT2D eigenvalue weighted by atomic mass is 19.1. The molecule has 0 radical (unpaired) electrons. The molecule has 0 aliphatic rings. The normalized spacial score (nSPS) is 10.8. The number of nitrogens with zero attached hydrogens (tertiary/aromatic N) is 4. The summed E-state index contributed by atoms with van der Waals surface area (Å²) in [7, 11) is 0. The summed E-state index contributed by atoms with van der Waals surface area (Å²) in [6.45, 7) is 1.92. The van der Waals surface area contributed by atoms with E-state index in [1.54, 1.807) is 55.7 Å². The molecular formula is C22H17FN4O2. The van der Waals surface area contributed by atoms with Gasteiger partial charge < -0.3 is 5.11 Å². The molecule has 0 saturated carbocycles. The molecule has 0 saturated heterocycles. The third-order valence-corrected chi connectivity index (χ3v) is 4.57. The zero-order chi connectivity index (χ0) is 20.4. The Labute approximate surface area is 166 Å². The van der Waals surface area contributed by atoms with Crippen LogP contribution in [0.5, 0.6) is 0 Å². The van der Waals surface area contributed by atoms with Crippen molar-refractivity contribution < 1.29 is 14.3 Å². The molecule has 0 bridgehead atoms. The maximum Gasteiger partial charge on any atom is 0.413 e. The Morgan fingerprint density at radius 3 is 2.21 bits per heavy atom. The minimum Gasteiger partial charge on any atom is -0.465 e. The van der Waals surface area contributed by atoms with Gasteiger partial charge in [-0.1, -0.05) is 12.1 Å². The molecule has 0 atom stereocenters. The molecule has 1 N–H and O–H groups in total. The molecule has 3 heterocycles. The lowest BCUT2D eigenvalue weighted by Gasteiger charge is -2.23. The number of amides is 1. The van der Waals surface area contributed by atoms with Gasteiger partial charge in [0.15, 0.2) is 0 Å². The van der Waals surface area contributed by atoms with E-state index in [0.29, 0.717) is 33.4 Å². The minimum atomic E-state index is -1.13. The largest absolute Gasteiger partial charge is 0.465 e. The van der Waals surface area contributed by atoms with Crippen LogP contribution in [0.25, 0.3) is 33.4 Å². The Morgan fingerprint density at radius 1 is 1.00 bits per heavy atom. The van der Waals surface area contributed by atoms with Gasteiger partial charge in [0, 0.05) is 29.9 Å². The van der Waals surface area contributed by atoms with Crippen LogP contribution < -0.4 is 4.90 Å². The monoisotopic (exact) mass is 388 g/mol. The number of benzene rings is 1. The van der Waals surface area contributed by atoms with Crippen molar-refractivity contribution in [1.29, 1.82) is 0 Å². The van der Waals surface area contributed by atoms with Crippen LogP contribution in [0.3, 0.4) is 0 Å². The number of halogens is 1. The summed E-state index contributed by atoms with van der Waals surface area (Å²) in [4.78, 5) is 26.5. The summed E-state index contributed by atoms with van der Waals surface area (Å²) in [5.41, 5.74) is 2.66. The molecule has 1 amide bonds. The fourth-order valence-electron chi connectivity index (χ4n) is 3.32. The van der Waals surface area contributed by atoms with Gasteiger partial charge in [-0.15, -0.1) is 0 Å². The van der Waals surface area contributed by atoms with Gasteiger partial charge >= 0.3 is 6.09 Å². The van der Waals surface area contributed by atoms with Crippen molar-refractivity contribution in [3.8, 4) is 22.5 Å². The maximum atomic E-state index is 14.2. The van der Waals surface area contributed by atoms with Crippen molar-refractivity contribution in [2.75, 3.05) is 11.4 Å². The van der Waals surface area contributed by atoms with Gasteiger partial charge in [0.1, 0.15) is 11.6 Å². The average Bonchev–Trinajstić information content (AvgIpc) is 2.74. The van der Waals surface area contributed by atoms with Crippen molar-refractivity contribution in [1.82, 2.24) is 15.0 Å². The van der Waals surface area contributed by atoms with Gasteiger partial charge in [0.2, 0.25) is 0 Å². The number of hydrogen-bond donors (Lipinski definition) is 1. The van der Waals surface area contributed by atoms with Gasteiger partial charge in [0.25, 0.3) is 0 Å². The van der Waals surface area contributed by atoms with Crippen molar-refractivity contribution in [2.24, 2.45) is 0 Å². The summed E-state index contributed by atoms with van der Waals surface area (Å²) in [5.74, 6) is -0.180. The smallest absolute Gasteiger partial charge is 0.413 e. The number of aromatic nitrogens is 3. The lowest BCUT2D eigenvalue weighted by Crippen LogP contribution is -2.30. The van der Waals surface area contributed by atoms with Crippen molar-refractivity contribution in [3.05, 3.63) is 72.8 Å². The van der Waals surface area contributed by atoms with Crippen molar-refractivity contribution in [2.45, 2.75) is 6.92 Å². The van der Waals surface area contributed by atoms with Crippen LogP contribution in [0, 0.1) is 5.82 Å². The molecular weight excluding hydrogens is 371 g/mol. The molecule has 0 aliphatic carbocycles. The van der Waals surface area contributed by atoms with Crippen LogP contribution in [-0.2, 0) is 0 Å². The van der Waals surface area contributed by atoms with Gasteiger partial charge in [-0.05, 0) is 49.4 Å². The predicted octanol–water partition coefficient (Wildman–Crippen LogP) is 5.00. The Hall–Kier alpha value is -3.87. The van der Waals surface area contributed by atoms with Gasteiger partial charge in [-0.25, -0.2) is 14.2 Å². The Morgan fingerprint density at radius 2 is 1.66 bits per heavy atom. The lowest BCUT2D eigenvalue weighted by molar-refractivity contribution is 0.202. The third kappa shape index (κ3) is 3.38. The molecule has 3 aromatic heterocycles. The molecule has 0 aliphatic heterocycles. The van der Waals surface area contributed by atoms with Crippen LogP contribution in [0.4, 0.5) is 15.0 Å². The number of pyridine rings is 3. The first-order valence-electron chi connectivity index (χ1n) is 9.06. The van der Waals surface area contributed by atoms with Crippen LogP contribution in [0.2, 0.25) is 0 Å². The molecule has 7 heteroatoms. The fourth-order valence-corrected chi connectivity index (χ4v) is 3.32. The molecule has 4 rings (SSSR count). The quantitative estimate of drug-likeness (QED) is 0.532.